The zero-order valence-corrected chi connectivity index (χ0v) is 16.4. The molecule has 1 N–H and O–H groups in total. The van der Waals surface area contributed by atoms with Gasteiger partial charge in [-0.2, -0.15) is 0 Å². The molecule has 0 unspecified atom stereocenters. The lowest BCUT2D eigenvalue weighted by Gasteiger charge is -2.18. The summed E-state index contributed by atoms with van der Waals surface area (Å²) in [6, 6.07) is 15.1. The van der Waals surface area contributed by atoms with Crippen molar-refractivity contribution in [3.63, 3.8) is 0 Å². The van der Waals surface area contributed by atoms with E-state index in [2.05, 4.69) is 10.5 Å². The van der Waals surface area contributed by atoms with Crippen molar-refractivity contribution in [3.05, 3.63) is 71.0 Å². The molecule has 0 aliphatic rings. The molecule has 0 radical (unpaired) electrons. The SMILES string of the molecule is Cc1cccc(NC(=O)CN(C)C(=O)c2c(-c3ccccc3)noc2C)c1C. The van der Waals surface area contributed by atoms with Crippen LogP contribution in [0, 0.1) is 20.8 Å². The van der Waals surface area contributed by atoms with E-state index in [0.717, 1.165) is 22.4 Å². The fourth-order valence-electron chi connectivity index (χ4n) is 2.97. The second kappa shape index (κ2) is 8.08. The van der Waals surface area contributed by atoms with Crippen molar-refractivity contribution < 1.29 is 14.1 Å². The molecule has 0 saturated carbocycles. The fourth-order valence-corrected chi connectivity index (χ4v) is 2.97. The Morgan fingerprint density at radius 1 is 1.04 bits per heavy atom. The van der Waals surface area contributed by atoms with Crippen LogP contribution in [0.25, 0.3) is 11.3 Å². The molecular formula is C22H23N3O3. The Bertz CT molecular complexity index is 1010. The first-order valence-corrected chi connectivity index (χ1v) is 9.01. The maximum atomic E-state index is 13.0. The summed E-state index contributed by atoms with van der Waals surface area (Å²) in [5, 5.41) is 6.91. The number of rotatable bonds is 5. The number of anilines is 1. The monoisotopic (exact) mass is 377 g/mol. The normalized spacial score (nSPS) is 10.6. The number of likely N-dealkylation sites (N-methyl/N-ethyl adjacent to an activating group) is 1. The predicted molar refractivity (Wildman–Crippen MR) is 108 cm³/mol. The Hall–Kier alpha value is -3.41. The van der Waals surface area contributed by atoms with Gasteiger partial charge in [0.05, 0.1) is 6.54 Å². The smallest absolute Gasteiger partial charge is 0.259 e. The Morgan fingerprint density at radius 2 is 1.75 bits per heavy atom. The number of nitrogens with one attached hydrogen (secondary N) is 1. The third-order valence-electron chi connectivity index (χ3n) is 4.73. The molecule has 6 nitrogen and oxygen atoms in total. The molecule has 0 fully saturated rings. The summed E-state index contributed by atoms with van der Waals surface area (Å²) < 4.78 is 5.25. The number of amides is 2. The highest BCUT2D eigenvalue weighted by atomic mass is 16.5. The number of carbonyl (C=O) groups excluding carboxylic acids is 2. The quantitative estimate of drug-likeness (QED) is 0.730. The third-order valence-corrected chi connectivity index (χ3v) is 4.73. The molecule has 0 saturated heterocycles. The molecule has 6 heteroatoms. The van der Waals surface area contributed by atoms with Crippen LogP contribution in [0.2, 0.25) is 0 Å². The van der Waals surface area contributed by atoms with Gasteiger partial charge in [-0.15, -0.1) is 0 Å². The first-order valence-electron chi connectivity index (χ1n) is 9.01. The first kappa shape index (κ1) is 19.4. The van der Waals surface area contributed by atoms with Crippen LogP contribution in [0.3, 0.4) is 0 Å². The van der Waals surface area contributed by atoms with Gasteiger partial charge in [0.15, 0.2) is 0 Å². The van der Waals surface area contributed by atoms with Gasteiger partial charge in [0, 0.05) is 18.3 Å². The minimum atomic E-state index is -0.311. The van der Waals surface area contributed by atoms with Crippen LogP contribution in [-0.2, 0) is 4.79 Å². The minimum absolute atomic E-state index is 0.0783. The van der Waals surface area contributed by atoms with Gasteiger partial charge in [0.25, 0.3) is 5.91 Å². The first-order chi connectivity index (χ1) is 13.4. The van der Waals surface area contributed by atoms with E-state index in [1.165, 1.54) is 4.90 Å². The van der Waals surface area contributed by atoms with E-state index in [1.807, 2.05) is 62.4 Å². The fraction of sp³-hybridized carbons (Fsp3) is 0.227. The summed E-state index contributed by atoms with van der Waals surface area (Å²) in [5.41, 5.74) is 4.48. The molecule has 144 valence electrons. The highest BCUT2D eigenvalue weighted by Crippen LogP contribution is 2.26. The summed E-state index contributed by atoms with van der Waals surface area (Å²) in [6.07, 6.45) is 0. The number of hydrogen-bond donors (Lipinski definition) is 1. The van der Waals surface area contributed by atoms with E-state index < -0.39 is 0 Å². The van der Waals surface area contributed by atoms with Gasteiger partial charge in [-0.3, -0.25) is 9.59 Å². The zero-order valence-electron chi connectivity index (χ0n) is 16.4. The van der Waals surface area contributed by atoms with Crippen molar-refractivity contribution in [1.29, 1.82) is 0 Å². The topological polar surface area (TPSA) is 75.4 Å². The molecule has 2 amide bonds. The summed E-state index contributed by atoms with van der Waals surface area (Å²) in [5.74, 6) is -0.153. The van der Waals surface area contributed by atoms with E-state index >= 15 is 0 Å². The third kappa shape index (κ3) is 3.96. The van der Waals surface area contributed by atoms with Crippen LogP contribution in [0.1, 0.15) is 27.2 Å². The number of aromatic nitrogens is 1. The van der Waals surface area contributed by atoms with Crippen LogP contribution in [-0.4, -0.2) is 35.5 Å². The summed E-state index contributed by atoms with van der Waals surface area (Å²) in [4.78, 5) is 26.8. The Morgan fingerprint density at radius 3 is 2.46 bits per heavy atom. The number of aryl methyl sites for hydroxylation is 2. The number of benzene rings is 2. The molecule has 3 aromatic rings. The van der Waals surface area contributed by atoms with Gasteiger partial charge in [-0.05, 0) is 38.0 Å². The van der Waals surface area contributed by atoms with Gasteiger partial charge in [0.1, 0.15) is 17.0 Å². The zero-order chi connectivity index (χ0) is 20.3. The minimum Gasteiger partial charge on any atom is -0.360 e. The van der Waals surface area contributed by atoms with E-state index in [4.69, 9.17) is 4.52 Å². The van der Waals surface area contributed by atoms with Crippen LogP contribution < -0.4 is 5.32 Å². The number of carbonyl (C=O) groups is 2. The molecule has 0 bridgehead atoms. The molecule has 1 heterocycles. The van der Waals surface area contributed by atoms with Gasteiger partial charge in [-0.1, -0.05) is 47.6 Å². The van der Waals surface area contributed by atoms with Crippen LogP contribution in [0.5, 0.6) is 0 Å². The summed E-state index contributed by atoms with van der Waals surface area (Å²) >= 11 is 0. The Kier molecular flexibility index (Phi) is 5.59. The highest BCUT2D eigenvalue weighted by Gasteiger charge is 2.25. The maximum absolute atomic E-state index is 13.0. The van der Waals surface area contributed by atoms with E-state index in [1.54, 1.807) is 14.0 Å². The van der Waals surface area contributed by atoms with Crippen LogP contribution >= 0.6 is 0 Å². The van der Waals surface area contributed by atoms with Crippen LogP contribution in [0.15, 0.2) is 53.1 Å². The van der Waals surface area contributed by atoms with Gasteiger partial charge >= 0.3 is 0 Å². The molecule has 0 spiro atoms. The number of hydrogen-bond acceptors (Lipinski definition) is 4. The molecule has 1 aromatic heterocycles. The van der Waals surface area contributed by atoms with Crippen molar-refractivity contribution in [3.8, 4) is 11.3 Å². The second-order valence-corrected chi connectivity index (χ2v) is 6.79. The van der Waals surface area contributed by atoms with Crippen molar-refractivity contribution in [2.45, 2.75) is 20.8 Å². The Balaban J connectivity index is 1.76. The molecule has 3 rings (SSSR count). The van der Waals surface area contributed by atoms with Gasteiger partial charge in [0.2, 0.25) is 5.91 Å². The van der Waals surface area contributed by atoms with Crippen LogP contribution in [0.4, 0.5) is 5.69 Å². The highest BCUT2D eigenvalue weighted by molar-refractivity contribution is 6.03. The molecule has 0 atom stereocenters. The summed E-state index contributed by atoms with van der Waals surface area (Å²) in [7, 11) is 1.59. The standard InChI is InChI=1S/C22H23N3O3/c1-14-9-8-12-18(15(14)2)23-19(26)13-25(4)22(27)20-16(3)28-24-21(20)17-10-6-5-7-11-17/h5-12H,13H2,1-4H3,(H,23,26). The average Bonchev–Trinajstić information content (AvgIpc) is 3.07. The van der Waals surface area contributed by atoms with Crippen molar-refractivity contribution in [2.75, 3.05) is 18.9 Å². The summed E-state index contributed by atoms with van der Waals surface area (Å²) in [6.45, 7) is 5.55. The van der Waals surface area contributed by atoms with Crippen molar-refractivity contribution in [1.82, 2.24) is 10.1 Å². The van der Waals surface area contributed by atoms with E-state index in [9.17, 15) is 9.59 Å². The molecule has 2 aromatic carbocycles. The molecule has 0 aliphatic carbocycles. The largest absolute Gasteiger partial charge is 0.360 e. The molecule has 28 heavy (non-hydrogen) atoms. The van der Waals surface area contributed by atoms with Gasteiger partial charge in [-0.25, -0.2) is 0 Å². The lowest BCUT2D eigenvalue weighted by molar-refractivity contribution is -0.116. The lowest BCUT2D eigenvalue weighted by atomic mass is 10.1. The van der Waals surface area contributed by atoms with E-state index in [0.29, 0.717) is 17.0 Å². The van der Waals surface area contributed by atoms with Crippen molar-refractivity contribution in [2.24, 2.45) is 0 Å². The number of nitrogens with zero attached hydrogens (tertiary/aromatic N) is 2. The maximum Gasteiger partial charge on any atom is 0.259 e. The molecular weight excluding hydrogens is 354 g/mol. The molecule has 0 aliphatic heterocycles. The predicted octanol–water partition coefficient (Wildman–Crippen LogP) is 3.98. The Labute approximate surface area is 164 Å². The second-order valence-electron chi connectivity index (χ2n) is 6.79. The van der Waals surface area contributed by atoms with E-state index in [-0.39, 0.29) is 18.4 Å². The average molecular weight is 377 g/mol. The lowest BCUT2D eigenvalue weighted by Crippen LogP contribution is -2.35. The van der Waals surface area contributed by atoms with Crippen molar-refractivity contribution >= 4 is 17.5 Å². The van der Waals surface area contributed by atoms with Gasteiger partial charge < -0.3 is 14.7 Å².